The number of aryl methyl sites for hydroxylation is 1. The minimum Gasteiger partial charge on any atom is -0.455 e. The van der Waals surface area contributed by atoms with Crippen LogP contribution in [0.5, 0.6) is 0 Å². The third-order valence-electron chi connectivity index (χ3n) is 15.8. The summed E-state index contributed by atoms with van der Waals surface area (Å²) in [7, 11) is 0. The molecule has 0 unspecified atom stereocenters. The van der Waals surface area contributed by atoms with Crippen LogP contribution < -0.4 is 15.7 Å². The number of hydrogen-bond donors (Lipinski definition) is 0. The Balaban J connectivity index is 1.27. The van der Waals surface area contributed by atoms with E-state index in [1.165, 1.54) is 78.3 Å². The lowest BCUT2D eigenvalue weighted by atomic mass is 9.43. The maximum Gasteiger partial charge on any atom is 0.333 e. The monoisotopic (exact) mass is 834 g/mol. The number of aromatic nitrogens is 1. The first-order chi connectivity index (χ1) is 30.4. The normalized spacial score (nSPS) is 16.4. The molecule has 0 N–H and O–H groups in total. The number of fused-ring (bicyclic) bond motifs is 16. The van der Waals surface area contributed by atoms with Crippen LogP contribution in [0.15, 0.2) is 118 Å². The molecule has 4 nitrogen and oxygen atoms in total. The molecule has 0 saturated carbocycles. The molecule has 3 aliphatic rings. The van der Waals surface area contributed by atoms with Gasteiger partial charge in [0, 0.05) is 54.9 Å². The summed E-state index contributed by atoms with van der Waals surface area (Å²) in [5.41, 5.74) is 21.5. The van der Waals surface area contributed by atoms with Crippen molar-refractivity contribution in [3.8, 4) is 16.8 Å². The molecule has 2 aliphatic heterocycles. The topological polar surface area (TPSA) is 34.5 Å². The Labute approximate surface area is 375 Å². The van der Waals surface area contributed by atoms with Crippen LogP contribution in [0.3, 0.4) is 0 Å². The molecule has 0 bridgehead atoms. The van der Waals surface area contributed by atoms with E-state index in [4.69, 9.17) is 8.83 Å². The Bertz CT molecular complexity index is 3720. The van der Waals surface area contributed by atoms with Gasteiger partial charge in [0.1, 0.15) is 22.3 Å². The summed E-state index contributed by atoms with van der Waals surface area (Å²) in [5.74, 6) is 0. The predicted octanol–water partition coefficient (Wildman–Crippen LogP) is 15.1. The van der Waals surface area contributed by atoms with E-state index in [1.807, 2.05) is 0 Å². The highest BCUT2D eigenvalue weighted by molar-refractivity contribution is 6.94. The van der Waals surface area contributed by atoms with Gasteiger partial charge in [-0.15, -0.1) is 0 Å². The van der Waals surface area contributed by atoms with E-state index in [2.05, 4.69) is 195 Å². The second-order valence-electron chi connectivity index (χ2n) is 22.8. The van der Waals surface area contributed by atoms with Crippen LogP contribution in [-0.2, 0) is 21.7 Å². The molecule has 0 saturated heterocycles. The smallest absolute Gasteiger partial charge is 0.333 e. The van der Waals surface area contributed by atoms with E-state index in [-0.39, 0.29) is 28.5 Å². The Morgan fingerprint density at radius 2 is 1.14 bits per heavy atom. The summed E-state index contributed by atoms with van der Waals surface area (Å²) in [5, 5.41) is 7.12. The molecule has 0 atom stereocenters. The standard InChI is InChI=1S/C59H55BN2O2/c1-32-26-41-42(59(10,11)25-24-58(41,8)9)31-46(32)62-45-23-21-37-35-16-12-14-18-48(35)63-54(37)50(45)51-52-47(30-40-36-17-13-15-19-49(36)64-55(40)51)61-44-22-20-33(56(2,3)4)27-38(44)39-28-34(57(5,6)7)29-43(53(39)61)60(52)62/h12-23,26-31H,24-25H2,1-11H3. The van der Waals surface area contributed by atoms with Crippen molar-refractivity contribution in [3.05, 3.63) is 137 Å². The highest BCUT2D eigenvalue weighted by atomic mass is 16.3. The van der Waals surface area contributed by atoms with Crippen molar-refractivity contribution in [1.29, 1.82) is 0 Å². The molecule has 0 spiro atoms. The van der Waals surface area contributed by atoms with Crippen molar-refractivity contribution in [2.75, 3.05) is 4.81 Å². The molecule has 10 aromatic rings. The van der Waals surface area contributed by atoms with Gasteiger partial charge in [-0.05, 0) is 135 Å². The Kier molecular flexibility index (Phi) is 7.25. The first-order valence-corrected chi connectivity index (χ1v) is 23.4. The van der Waals surface area contributed by atoms with Crippen molar-refractivity contribution in [3.63, 3.8) is 0 Å². The van der Waals surface area contributed by atoms with Crippen LogP contribution >= 0.6 is 0 Å². The van der Waals surface area contributed by atoms with Crippen LogP contribution in [0.25, 0.3) is 82.5 Å². The number of anilines is 2. The number of hydrogen-bond acceptors (Lipinski definition) is 3. The second kappa shape index (κ2) is 12.1. The number of benzene rings is 7. The fourth-order valence-corrected chi connectivity index (χ4v) is 12.1. The van der Waals surface area contributed by atoms with Crippen molar-refractivity contribution in [2.24, 2.45) is 0 Å². The maximum atomic E-state index is 7.18. The summed E-state index contributed by atoms with van der Waals surface area (Å²) >= 11 is 0. The van der Waals surface area contributed by atoms with Crippen LogP contribution in [-0.4, -0.2) is 11.4 Å². The summed E-state index contributed by atoms with van der Waals surface area (Å²) < 4.78 is 16.9. The minimum absolute atomic E-state index is 0.00558. The van der Waals surface area contributed by atoms with Crippen LogP contribution in [0.2, 0.25) is 0 Å². The lowest BCUT2D eigenvalue weighted by Gasteiger charge is -2.45. The molecule has 7 aromatic carbocycles. The first-order valence-electron chi connectivity index (χ1n) is 23.4. The number of para-hydroxylation sites is 2. The summed E-state index contributed by atoms with van der Waals surface area (Å²) in [6, 6.07) is 41.7. The SMILES string of the molecule is Cc1cc2c(cc1N1B3c4c(cc5c(oc6ccccc65)c4-c4c1ccc1c4oc4ccccc41)-n1c4ccc(C(C)(C)C)cc4c4cc(C(C)(C)C)cc3c41)C(C)(C)CCC2(C)C. The average molecular weight is 835 g/mol. The molecule has 5 heteroatoms. The number of nitrogens with zero attached hydrogens (tertiary/aromatic N) is 2. The van der Waals surface area contributed by atoms with E-state index in [0.29, 0.717) is 0 Å². The van der Waals surface area contributed by atoms with Gasteiger partial charge in [-0.1, -0.05) is 124 Å². The van der Waals surface area contributed by atoms with Crippen molar-refractivity contribution >= 4 is 94.8 Å². The van der Waals surface area contributed by atoms with Gasteiger partial charge in [0.25, 0.3) is 0 Å². The molecule has 316 valence electrons. The van der Waals surface area contributed by atoms with Gasteiger partial charge < -0.3 is 18.2 Å². The molecule has 64 heavy (non-hydrogen) atoms. The zero-order valence-electron chi connectivity index (χ0n) is 39.1. The third-order valence-corrected chi connectivity index (χ3v) is 15.8. The summed E-state index contributed by atoms with van der Waals surface area (Å²) in [6.45, 7) is 26.0. The second-order valence-corrected chi connectivity index (χ2v) is 22.8. The Morgan fingerprint density at radius 3 is 1.81 bits per heavy atom. The van der Waals surface area contributed by atoms with E-state index < -0.39 is 0 Å². The molecular weight excluding hydrogens is 779 g/mol. The molecule has 0 radical (unpaired) electrons. The molecule has 1 aliphatic carbocycles. The summed E-state index contributed by atoms with van der Waals surface area (Å²) in [4.78, 5) is 2.72. The number of furan rings is 2. The van der Waals surface area contributed by atoms with Crippen LogP contribution in [0.1, 0.15) is 110 Å². The zero-order valence-corrected chi connectivity index (χ0v) is 39.1. The predicted molar refractivity (Wildman–Crippen MR) is 272 cm³/mol. The molecular formula is C59H55BN2O2. The van der Waals surface area contributed by atoms with Crippen molar-refractivity contribution in [1.82, 2.24) is 4.57 Å². The van der Waals surface area contributed by atoms with Crippen molar-refractivity contribution in [2.45, 2.75) is 111 Å². The van der Waals surface area contributed by atoms with Crippen LogP contribution in [0.4, 0.5) is 11.4 Å². The lowest BCUT2D eigenvalue weighted by molar-refractivity contribution is 0.332. The van der Waals surface area contributed by atoms with Crippen LogP contribution in [0, 0.1) is 6.92 Å². The van der Waals surface area contributed by atoms with Gasteiger partial charge in [0.2, 0.25) is 0 Å². The Morgan fingerprint density at radius 1 is 0.531 bits per heavy atom. The first kappa shape index (κ1) is 38.3. The fraction of sp³-hybridized carbons (Fsp3) is 0.288. The molecule has 13 rings (SSSR count). The lowest BCUT2D eigenvalue weighted by Crippen LogP contribution is -2.61. The summed E-state index contributed by atoms with van der Waals surface area (Å²) in [6.07, 6.45) is 2.32. The van der Waals surface area contributed by atoms with E-state index >= 15 is 0 Å². The van der Waals surface area contributed by atoms with E-state index in [0.717, 1.165) is 67.1 Å². The van der Waals surface area contributed by atoms with Gasteiger partial charge in [-0.25, -0.2) is 0 Å². The highest BCUT2D eigenvalue weighted by Gasteiger charge is 2.48. The molecule has 0 fully saturated rings. The fourth-order valence-electron chi connectivity index (χ4n) is 12.1. The third kappa shape index (κ3) is 4.91. The highest BCUT2D eigenvalue weighted by Crippen LogP contribution is 2.54. The van der Waals surface area contributed by atoms with Crippen molar-refractivity contribution < 1.29 is 8.83 Å². The van der Waals surface area contributed by atoms with Gasteiger partial charge in [0.05, 0.1) is 16.6 Å². The van der Waals surface area contributed by atoms with Gasteiger partial charge >= 0.3 is 6.85 Å². The van der Waals surface area contributed by atoms with Gasteiger partial charge in [-0.3, -0.25) is 0 Å². The van der Waals surface area contributed by atoms with E-state index in [1.54, 1.807) is 0 Å². The number of rotatable bonds is 1. The molecule has 5 heterocycles. The quantitative estimate of drug-likeness (QED) is 0.155. The van der Waals surface area contributed by atoms with Gasteiger partial charge in [-0.2, -0.15) is 0 Å². The minimum atomic E-state index is -0.169. The van der Waals surface area contributed by atoms with Gasteiger partial charge in [0.15, 0.2) is 0 Å². The van der Waals surface area contributed by atoms with E-state index in [9.17, 15) is 0 Å². The zero-order chi connectivity index (χ0) is 44.1. The average Bonchev–Trinajstić information content (AvgIpc) is 3.93. The largest absolute Gasteiger partial charge is 0.455 e. The molecule has 0 amide bonds. The maximum absolute atomic E-state index is 7.18. The Hall–Kier alpha value is -6.20. The molecule has 3 aromatic heterocycles.